The maximum absolute atomic E-state index is 11.6. The number of carbonyl (C=O) groups is 3. The molecule has 0 bridgehead atoms. The Morgan fingerprint density at radius 1 is 1.05 bits per heavy atom. The first kappa shape index (κ1) is 17.0. The van der Waals surface area contributed by atoms with Crippen LogP contribution in [0.4, 0.5) is 5.69 Å². The van der Waals surface area contributed by atoms with Crippen LogP contribution in [0.2, 0.25) is 0 Å². The standard InChI is InChI=1S/C14H19N3O3S/c1-3-15-12(18)8-16-13(19)14(20)17-11-6-4-10(5-7-11)9-21-2/h4-7H,3,8-9H2,1-2H3,(H,15,18)(H,16,19)(H,17,20). The fraction of sp³-hybridized carbons (Fsp3) is 0.357. The van der Waals surface area contributed by atoms with E-state index < -0.39 is 11.8 Å². The molecular weight excluding hydrogens is 290 g/mol. The summed E-state index contributed by atoms with van der Waals surface area (Å²) < 4.78 is 0. The van der Waals surface area contributed by atoms with E-state index in [1.807, 2.05) is 18.4 Å². The monoisotopic (exact) mass is 309 g/mol. The molecule has 6 nitrogen and oxygen atoms in total. The van der Waals surface area contributed by atoms with Gasteiger partial charge in [-0.25, -0.2) is 0 Å². The second-order valence-corrected chi connectivity index (χ2v) is 5.09. The molecule has 0 aromatic heterocycles. The van der Waals surface area contributed by atoms with Crippen LogP contribution >= 0.6 is 11.8 Å². The molecule has 0 aliphatic heterocycles. The first-order valence-electron chi connectivity index (χ1n) is 6.50. The molecular formula is C14H19N3O3S. The highest BCUT2D eigenvalue weighted by Crippen LogP contribution is 2.13. The fourth-order valence-corrected chi connectivity index (χ4v) is 2.07. The number of rotatable bonds is 6. The average Bonchev–Trinajstić information content (AvgIpc) is 2.47. The molecule has 114 valence electrons. The SMILES string of the molecule is CCNC(=O)CNC(=O)C(=O)Nc1ccc(CSC)cc1. The van der Waals surface area contributed by atoms with Crippen LogP contribution in [-0.4, -0.2) is 37.1 Å². The lowest BCUT2D eigenvalue weighted by Crippen LogP contribution is -2.41. The number of benzene rings is 1. The van der Waals surface area contributed by atoms with E-state index in [2.05, 4.69) is 16.0 Å². The maximum atomic E-state index is 11.6. The van der Waals surface area contributed by atoms with Crippen molar-refractivity contribution in [2.75, 3.05) is 24.7 Å². The number of carbonyl (C=O) groups excluding carboxylic acids is 3. The largest absolute Gasteiger partial charge is 0.355 e. The number of hydrogen-bond donors (Lipinski definition) is 3. The summed E-state index contributed by atoms with van der Waals surface area (Å²) in [5.74, 6) is -1.08. The van der Waals surface area contributed by atoms with Crippen LogP contribution in [0.3, 0.4) is 0 Å². The van der Waals surface area contributed by atoms with E-state index >= 15 is 0 Å². The van der Waals surface area contributed by atoms with Gasteiger partial charge in [0.15, 0.2) is 0 Å². The third-order valence-corrected chi connectivity index (χ3v) is 3.13. The molecule has 3 amide bonds. The molecule has 1 aromatic carbocycles. The minimum absolute atomic E-state index is 0.216. The zero-order valence-electron chi connectivity index (χ0n) is 12.1. The predicted molar refractivity (Wildman–Crippen MR) is 84.0 cm³/mol. The lowest BCUT2D eigenvalue weighted by Gasteiger charge is -2.07. The van der Waals surface area contributed by atoms with Gasteiger partial charge in [0.05, 0.1) is 6.54 Å². The zero-order valence-corrected chi connectivity index (χ0v) is 12.9. The smallest absolute Gasteiger partial charge is 0.313 e. The molecule has 3 N–H and O–H groups in total. The Hall–Kier alpha value is -2.02. The van der Waals surface area contributed by atoms with Gasteiger partial charge in [-0.2, -0.15) is 11.8 Å². The second kappa shape index (κ2) is 9.02. The Labute approximate surface area is 128 Å². The molecule has 0 spiro atoms. The third kappa shape index (κ3) is 6.31. The molecule has 21 heavy (non-hydrogen) atoms. The molecule has 0 aliphatic carbocycles. The van der Waals surface area contributed by atoms with Crippen LogP contribution in [0.5, 0.6) is 0 Å². The van der Waals surface area contributed by atoms with Gasteiger partial charge in [-0.15, -0.1) is 0 Å². The van der Waals surface area contributed by atoms with Gasteiger partial charge in [-0.3, -0.25) is 14.4 Å². The molecule has 0 unspecified atom stereocenters. The number of nitrogens with one attached hydrogen (secondary N) is 3. The highest BCUT2D eigenvalue weighted by atomic mass is 32.2. The first-order valence-corrected chi connectivity index (χ1v) is 7.90. The van der Waals surface area contributed by atoms with E-state index in [1.165, 1.54) is 0 Å². The van der Waals surface area contributed by atoms with E-state index in [-0.39, 0.29) is 12.5 Å². The minimum atomic E-state index is -0.838. The molecule has 1 rings (SSSR count). The van der Waals surface area contributed by atoms with Gasteiger partial charge < -0.3 is 16.0 Å². The van der Waals surface area contributed by atoms with Crippen molar-refractivity contribution in [2.45, 2.75) is 12.7 Å². The van der Waals surface area contributed by atoms with E-state index in [4.69, 9.17) is 0 Å². The maximum Gasteiger partial charge on any atom is 0.313 e. The van der Waals surface area contributed by atoms with Crippen molar-refractivity contribution in [2.24, 2.45) is 0 Å². The second-order valence-electron chi connectivity index (χ2n) is 4.22. The Kier molecular flexibility index (Phi) is 7.31. The number of likely N-dealkylation sites (N-methyl/N-ethyl adjacent to an activating group) is 1. The van der Waals surface area contributed by atoms with Crippen LogP contribution in [0.1, 0.15) is 12.5 Å². The van der Waals surface area contributed by atoms with Gasteiger partial charge in [0, 0.05) is 18.0 Å². The van der Waals surface area contributed by atoms with E-state index in [1.54, 1.807) is 30.8 Å². The van der Waals surface area contributed by atoms with E-state index in [0.717, 1.165) is 11.3 Å². The van der Waals surface area contributed by atoms with Gasteiger partial charge >= 0.3 is 11.8 Å². The van der Waals surface area contributed by atoms with Gasteiger partial charge in [-0.1, -0.05) is 12.1 Å². The molecule has 0 fully saturated rings. The molecule has 1 aromatic rings. The Morgan fingerprint density at radius 3 is 2.29 bits per heavy atom. The summed E-state index contributed by atoms with van der Waals surface area (Å²) in [6, 6.07) is 7.25. The van der Waals surface area contributed by atoms with Gasteiger partial charge in [0.2, 0.25) is 5.91 Å². The zero-order chi connectivity index (χ0) is 15.7. The van der Waals surface area contributed by atoms with Crippen LogP contribution in [-0.2, 0) is 20.1 Å². The highest BCUT2D eigenvalue weighted by Gasteiger charge is 2.14. The topological polar surface area (TPSA) is 87.3 Å². The lowest BCUT2D eigenvalue weighted by atomic mass is 10.2. The predicted octanol–water partition coefficient (Wildman–Crippen LogP) is 0.740. The fourth-order valence-electron chi connectivity index (χ4n) is 1.54. The molecule has 0 atom stereocenters. The van der Waals surface area contributed by atoms with Crippen molar-refractivity contribution in [1.82, 2.24) is 10.6 Å². The Morgan fingerprint density at radius 2 is 1.71 bits per heavy atom. The van der Waals surface area contributed by atoms with Crippen molar-refractivity contribution in [3.05, 3.63) is 29.8 Å². The van der Waals surface area contributed by atoms with Crippen molar-refractivity contribution in [1.29, 1.82) is 0 Å². The summed E-state index contributed by atoms with van der Waals surface area (Å²) in [6.07, 6.45) is 2.01. The van der Waals surface area contributed by atoms with Crippen LogP contribution in [0, 0.1) is 0 Å². The van der Waals surface area contributed by atoms with Gasteiger partial charge in [0.1, 0.15) is 0 Å². The quantitative estimate of drug-likeness (QED) is 0.676. The summed E-state index contributed by atoms with van der Waals surface area (Å²) in [4.78, 5) is 34.3. The Balaban J connectivity index is 2.44. The van der Waals surface area contributed by atoms with Crippen molar-refractivity contribution in [3.8, 4) is 0 Å². The van der Waals surface area contributed by atoms with Crippen molar-refractivity contribution < 1.29 is 14.4 Å². The van der Waals surface area contributed by atoms with Crippen LogP contribution < -0.4 is 16.0 Å². The summed E-state index contributed by atoms with van der Waals surface area (Å²) in [5.41, 5.74) is 1.68. The van der Waals surface area contributed by atoms with Crippen LogP contribution in [0.25, 0.3) is 0 Å². The molecule has 0 radical (unpaired) electrons. The van der Waals surface area contributed by atoms with E-state index in [9.17, 15) is 14.4 Å². The number of thioether (sulfide) groups is 1. The van der Waals surface area contributed by atoms with Gasteiger partial charge in [0.25, 0.3) is 0 Å². The normalized spacial score (nSPS) is 9.81. The summed E-state index contributed by atoms with van der Waals surface area (Å²) in [6.45, 7) is 2.03. The molecule has 0 aliphatic rings. The highest BCUT2D eigenvalue weighted by molar-refractivity contribution is 7.97. The molecule has 0 heterocycles. The summed E-state index contributed by atoms with van der Waals surface area (Å²) in [7, 11) is 0. The number of hydrogen-bond acceptors (Lipinski definition) is 4. The summed E-state index contributed by atoms with van der Waals surface area (Å²) in [5, 5.41) is 7.25. The van der Waals surface area contributed by atoms with E-state index in [0.29, 0.717) is 12.2 Å². The summed E-state index contributed by atoms with van der Waals surface area (Å²) >= 11 is 1.70. The molecule has 7 heteroatoms. The van der Waals surface area contributed by atoms with Crippen molar-refractivity contribution in [3.63, 3.8) is 0 Å². The first-order chi connectivity index (χ1) is 10.1. The van der Waals surface area contributed by atoms with Gasteiger partial charge in [-0.05, 0) is 30.9 Å². The number of anilines is 1. The minimum Gasteiger partial charge on any atom is -0.355 e. The number of amides is 3. The average molecular weight is 309 g/mol. The molecule has 0 saturated carbocycles. The third-order valence-electron chi connectivity index (χ3n) is 2.51. The van der Waals surface area contributed by atoms with Crippen LogP contribution in [0.15, 0.2) is 24.3 Å². The Bertz CT molecular complexity index is 503. The molecule has 0 saturated heterocycles. The lowest BCUT2D eigenvalue weighted by molar-refractivity contribution is -0.136. The van der Waals surface area contributed by atoms with Crippen molar-refractivity contribution >= 4 is 35.2 Å².